The van der Waals surface area contributed by atoms with Crippen molar-refractivity contribution in [2.45, 2.75) is 72.3 Å². The van der Waals surface area contributed by atoms with E-state index in [1.807, 2.05) is 0 Å². The van der Waals surface area contributed by atoms with E-state index in [1.54, 1.807) is 0 Å². The van der Waals surface area contributed by atoms with Crippen molar-refractivity contribution in [3.63, 3.8) is 0 Å². The Hall–Kier alpha value is -0.0400. The van der Waals surface area contributed by atoms with Crippen molar-refractivity contribution in [1.29, 1.82) is 0 Å². The standard InChI is InChI=1S/C15H31N/c1-5-7-13-8-9-15(16-6-2)14(11-13)10-12(3)4/h12-16H,5-11H2,1-4H3. The fraction of sp³-hybridized carbons (Fsp3) is 1.00. The molecule has 0 radical (unpaired) electrons. The summed E-state index contributed by atoms with van der Waals surface area (Å²) < 4.78 is 0. The second kappa shape index (κ2) is 7.32. The number of hydrogen-bond acceptors (Lipinski definition) is 1. The summed E-state index contributed by atoms with van der Waals surface area (Å²) in [6, 6.07) is 0.806. The molecule has 0 aromatic carbocycles. The Morgan fingerprint density at radius 3 is 2.50 bits per heavy atom. The molecule has 3 atom stereocenters. The summed E-state index contributed by atoms with van der Waals surface area (Å²) in [6.07, 6.45) is 8.58. The van der Waals surface area contributed by atoms with Crippen LogP contribution in [-0.2, 0) is 0 Å². The Bertz CT molecular complexity index is 176. The van der Waals surface area contributed by atoms with Crippen LogP contribution in [0.3, 0.4) is 0 Å². The van der Waals surface area contributed by atoms with Gasteiger partial charge in [-0.3, -0.25) is 0 Å². The lowest BCUT2D eigenvalue weighted by molar-refractivity contribution is 0.173. The number of rotatable bonds is 6. The van der Waals surface area contributed by atoms with E-state index in [9.17, 15) is 0 Å². The van der Waals surface area contributed by atoms with Crippen molar-refractivity contribution >= 4 is 0 Å². The van der Waals surface area contributed by atoms with Gasteiger partial charge in [0.15, 0.2) is 0 Å². The van der Waals surface area contributed by atoms with Crippen molar-refractivity contribution in [2.75, 3.05) is 6.54 Å². The van der Waals surface area contributed by atoms with Crippen molar-refractivity contribution < 1.29 is 0 Å². The normalized spacial score (nSPS) is 30.9. The van der Waals surface area contributed by atoms with Gasteiger partial charge < -0.3 is 5.32 Å². The van der Waals surface area contributed by atoms with Gasteiger partial charge >= 0.3 is 0 Å². The summed E-state index contributed by atoms with van der Waals surface area (Å²) in [5.41, 5.74) is 0. The minimum atomic E-state index is 0.806. The van der Waals surface area contributed by atoms with Gasteiger partial charge in [-0.2, -0.15) is 0 Å². The molecule has 0 heterocycles. The van der Waals surface area contributed by atoms with Crippen LogP contribution in [0.5, 0.6) is 0 Å². The predicted molar refractivity (Wildman–Crippen MR) is 72.7 cm³/mol. The molecule has 0 saturated heterocycles. The molecule has 1 fully saturated rings. The second-order valence-electron chi connectivity index (χ2n) is 6.02. The Morgan fingerprint density at radius 2 is 1.94 bits per heavy atom. The molecule has 0 aromatic rings. The summed E-state index contributed by atoms with van der Waals surface area (Å²) in [7, 11) is 0. The quantitative estimate of drug-likeness (QED) is 0.713. The Labute approximate surface area is 102 Å². The zero-order valence-electron chi connectivity index (χ0n) is 11.8. The highest BCUT2D eigenvalue weighted by molar-refractivity contribution is 4.85. The molecule has 1 heteroatoms. The van der Waals surface area contributed by atoms with Gasteiger partial charge in [0.05, 0.1) is 0 Å². The molecule has 1 rings (SSSR count). The summed E-state index contributed by atoms with van der Waals surface area (Å²) >= 11 is 0. The number of nitrogens with one attached hydrogen (secondary N) is 1. The minimum absolute atomic E-state index is 0.806. The average molecular weight is 225 g/mol. The summed E-state index contributed by atoms with van der Waals surface area (Å²) in [5.74, 6) is 2.81. The van der Waals surface area contributed by atoms with E-state index in [2.05, 4.69) is 33.0 Å². The highest BCUT2D eigenvalue weighted by Crippen LogP contribution is 2.35. The molecule has 3 unspecified atom stereocenters. The molecule has 0 spiro atoms. The molecule has 96 valence electrons. The van der Waals surface area contributed by atoms with Crippen LogP contribution < -0.4 is 5.32 Å². The summed E-state index contributed by atoms with van der Waals surface area (Å²) in [5, 5.41) is 3.70. The van der Waals surface area contributed by atoms with Crippen molar-refractivity contribution in [3.8, 4) is 0 Å². The smallest absolute Gasteiger partial charge is 0.00955 e. The molecule has 0 aliphatic heterocycles. The third-order valence-corrected chi connectivity index (χ3v) is 4.03. The average Bonchev–Trinajstić information content (AvgIpc) is 2.22. The van der Waals surface area contributed by atoms with E-state index in [4.69, 9.17) is 0 Å². The molecule has 16 heavy (non-hydrogen) atoms. The third-order valence-electron chi connectivity index (χ3n) is 4.03. The SMILES string of the molecule is CCCC1CCC(NCC)C(CC(C)C)C1. The van der Waals surface area contributed by atoms with E-state index >= 15 is 0 Å². The molecule has 1 aliphatic rings. The molecule has 0 bridgehead atoms. The Morgan fingerprint density at radius 1 is 1.19 bits per heavy atom. The van der Waals surface area contributed by atoms with Gasteiger partial charge in [0.1, 0.15) is 0 Å². The fourth-order valence-corrected chi connectivity index (χ4v) is 3.43. The topological polar surface area (TPSA) is 12.0 Å². The van der Waals surface area contributed by atoms with Gasteiger partial charge in [-0.05, 0) is 50.0 Å². The maximum absolute atomic E-state index is 3.70. The van der Waals surface area contributed by atoms with Crippen LogP contribution >= 0.6 is 0 Å². The van der Waals surface area contributed by atoms with Gasteiger partial charge in [0.25, 0.3) is 0 Å². The largest absolute Gasteiger partial charge is 0.314 e. The lowest BCUT2D eigenvalue weighted by Gasteiger charge is -2.37. The molecule has 0 amide bonds. The van der Waals surface area contributed by atoms with Gasteiger partial charge in [-0.1, -0.05) is 40.5 Å². The van der Waals surface area contributed by atoms with Crippen LogP contribution in [0.2, 0.25) is 0 Å². The first-order valence-corrected chi connectivity index (χ1v) is 7.40. The van der Waals surface area contributed by atoms with Gasteiger partial charge in [-0.25, -0.2) is 0 Å². The monoisotopic (exact) mass is 225 g/mol. The van der Waals surface area contributed by atoms with E-state index in [0.717, 1.165) is 30.3 Å². The van der Waals surface area contributed by atoms with Crippen LogP contribution in [0.4, 0.5) is 0 Å². The summed E-state index contributed by atoms with van der Waals surface area (Å²) in [4.78, 5) is 0. The Balaban J connectivity index is 2.47. The minimum Gasteiger partial charge on any atom is -0.314 e. The molecular weight excluding hydrogens is 194 g/mol. The van der Waals surface area contributed by atoms with Crippen LogP contribution in [0.1, 0.15) is 66.2 Å². The maximum Gasteiger partial charge on any atom is 0.00955 e. The Kier molecular flexibility index (Phi) is 6.41. The fourth-order valence-electron chi connectivity index (χ4n) is 3.43. The van der Waals surface area contributed by atoms with Gasteiger partial charge in [0.2, 0.25) is 0 Å². The lowest BCUT2D eigenvalue weighted by atomic mass is 9.73. The van der Waals surface area contributed by atoms with Crippen LogP contribution in [-0.4, -0.2) is 12.6 Å². The van der Waals surface area contributed by atoms with Crippen molar-refractivity contribution in [3.05, 3.63) is 0 Å². The number of hydrogen-bond donors (Lipinski definition) is 1. The zero-order chi connectivity index (χ0) is 12.0. The third kappa shape index (κ3) is 4.45. The second-order valence-corrected chi connectivity index (χ2v) is 6.02. The van der Waals surface area contributed by atoms with Gasteiger partial charge in [-0.15, -0.1) is 0 Å². The van der Waals surface area contributed by atoms with Gasteiger partial charge in [0, 0.05) is 6.04 Å². The first-order valence-electron chi connectivity index (χ1n) is 7.40. The maximum atomic E-state index is 3.70. The molecule has 0 aromatic heterocycles. The lowest BCUT2D eigenvalue weighted by Crippen LogP contribution is -2.41. The predicted octanol–water partition coefficient (Wildman–Crippen LogP) is 4.23. The summed E-state index contributed by atoms with van der Waals surface area (Å²) in [6.45, 7) is 10.4. The first-order chi connectivity index (χ1) is 7.67. The van der Waals surface area contributed by atoms with E-state index in [0.29, 0.717) is 0 Å². The van der Waals surface area contributed by atoms with Crippen LogP contribution in [0.15, 0.2) is 0 Å². The molecule has 1 saturated carbocycles. The zero-order valence-corrected chi connectivity index (χ0v) is 11.8. The van der Waals surface area contributed by atoms with Crippen molar-refractivity contribution in [1.82, 2.24) is 5.32 Å². The van der Waals surface area contributed by atoms with Crippen LogP contribution in [0, 0.1) is 17.8 Å². The van der Waals surface area contributed by atoms with Crippen LogP contribution in [0.25, 0.3) is 0 Å². The van der Waals surface area contributed by atoms with E-state index < -0.39 is 0 Å². The molecule has 1 N–H and O–H groups in total. The van der Waals surface area contributed by atoms with E-state index in [-0.39, 0.29) is 0 Å². The molecule has 1 nitrogen and oxygen atoms in total. The highest BCUT2D eigenvalue weighted by Gasteiger charge is 2.29. The van der Waals surface area contributed by atoms with Crippen molar-refractivity contribution in [2.24, 2.45) is 17.8 Å². The highest BCUT2D eigenvalue weighted by atomic mass is 14.9. The first kappa shape index (κ1) is 14.0. The van der Waals surface area contributed by atoms with E-state index in [1.165, 1.54) is 38.5 Å². The molecule has 1 aliphatic carbocycles. The molecular formula is C15H31N.